The number of nitrogens with zero attached hydrogens (tertiary/aromatic N) is 2. The van der Waals surface area contributed by atoms with E-state index in [9.17, 15) is 0 Å². The zero-order valence-electron chi connectivity index (χ0n) is 11.5. The number of fused-ring (bicyclic) bond motifs is 1. The predicted octanol–water partition coefficient (Wildman–Crippen LogP) is 4.07. The largest absolute Gasteiger partial charge is 0.313 e. The molecule has 0 fully saturated rings. The molecule has 4 heteroatoms. The maximum absolute atomic E-state index is 4.52. The van der Waals surface area contributed by atoms with Crippen LogP contribution in [0.25, 0.3) is 16.7 Å². The zero-order chi connectivity index (χ0) is 14.1. The van der Waals surface area contributed by atoms with Crippen LogP contribution in [0, 0.1) is 0 Å². The minimum atomic E-state index is 0.329. The fraction of sp³-hybridized carbons (Fsp3) is 0.188. The molecule has 0 aliphatic carbocycles. The first-order valence-corrected chi connectivity index (χ1v) is 7.38. The van der Waals surface area contributed by atoms with E-state index in [1.807, 2.05) is 25.5 Å². The number of hydrogen-bond donors (Lipinski definition) is 1. The number of halogens is 1. The van der Waals surface area contributed by atoms with Crippen molar-refractivity contribution in [2.24, 2.45) is 0 Å². The van der Waals surface area contributed by atoms with Gasteiger partial charge in [0.25, 0.3) is 0 Å². The highest BCUT2D eigenvalue weighted by Crippen LogP contribution is 2.23. The average molecular weight is 330 g/mol. The van der Waals surface area contributed by atoms with Gasteiger partial charge in [0.05, 0.1) is 11.0 Å². The summed E-state index contributed by atoms with van der Waals surface area (Å²) in [6, 6.07) is 15.0. The second-order valence-electron chi connectivity index (χ2n) is 4.85. The number of nitrogens with one attached hydrogen (secondary N) is 1. The number of rotatable bonds is 3. The van der Waals surface area contributed by atoms with Gasteiger partial charge in [-0.2, -0.15) is 0 Å². The van der Waals surface area contributed by atoms with Crippen molar-refractivity contribution in [1.82, 2.24) is 14.9 Å². The van der Waals surface area contributed by atoms with E-state index in [0.717, 1.165) is 21.2 Å². The molecule has 3 aromatic rings. The fourth-order valence-electron chi connectivity index (χ4n) is 2.30. The SMILES string of the molecule is CN[C@H](C)c1ccc2c(c1)ncn2-c1cccc(Br)c1. The van der Waals surface area contributed by atoms with Crippen LogP contribution in [0.3, 0.4) is 0 Å². The molecule has 2 aromatic carbocycles. The van der Waals surface area contributed by atoms with E-state index in [-0.39, 0.29) is 0 Å². The molecule has 0 aliphatic rings. The summed E-state index contributed by atoms with van der Waals surface area (Å²) in [6.45, 7) is 2.15. The Morgan fingerprint density at radius 3 is 2.80 bits per heavy atom. The van der Waals surface area contributed by atoms with Crippen LogP contribution in [-0.2, 0) is 0 Å². The topological polar surface area (TPSA) is 29.9 Å². The van der Waals surface area contributed by atoms with Crippen molar-refractivity contribution in [3.63, 3.8) is 0 Å². The quantitative estimate of drug-likeness (QED) is 0.785. The summed E-state index contributed by atoms with van der Waals surface area (Å²) in [5.41, 5.74) is 4.50. The van der Waals surface area contributed by atoms with Gasteiger partial charge in [-0.25, -0.2) is 4.98 Å². The van der Waals surface area contributed by atoms with Gasteiger partial charge in [-0.15, -0.1) is 0 Å². The number of imidazole rings is 1. The van der Waals surface area contributed by atoms with E-state index < -0.39 is 0 Å². The summed E-state index contributed by atoms with van der Waals surface area (Å²) >= 11 is 3.51. The molecule has 0 unspecified atom stereocenters. The van der Waals surface area contributed by atoms with Gasteiger partial charge in [-0.3, -0.25) is 4.57 Å². The maximum Gasteiger partial charge on any atom is 0.100 e. The van der Waals surface area contributed by atoms with E-state index in [1.54, 1.807) is 0 Å². The van der Waals surface area contributed by atoms with Gasteiger partial charge in [0.2, 0.25) is 0 Å². The van der Waals surface area contributed by atoms with Crippen LogP contribution in [0.1, 0.15) is 18.5 Å². The summed E-state index contributed by atoms with van der Waals surface area (Å²) in [5.74, 6) is 0. The first-order valence-electron chi connectivity index (χ1n) is 6.59. The number of aromatic nitrogens is 2. The van der Waals surface area contributed by atoms with Gasteiger partial charge in [-0.1, -0.05) is 28.1 Å². The van der Waals surface area contributed by atoms with E-state index in [4.69, 9.17) is 0 Å². The second-order valence-corrected chi connectivity index (χ2v) is 5.77. The molecule has 0 aliphatic heterocycles. The molecule has 0 spiro atoms. The maximum atomic E-state index is 4.52. The minimum absolute atomic E-state index is 0.329. The summed E-state index contributed by atoms with van der Waals surface area (Å²) in [6.07, 6.45) is 1.88. The Morgan fingerprint density at radius 2 is 2.05 bits per heavy atom. The van der Waals surface area contributed by atoms with Crippen LogP contribution in [-0.4, -0.2) is 16.6 Å². The molecule has 1 atom stereocenters. The second kappa shape index (κ2) is 5.38. The highest BCUT2D eigenvalue weighted by molar-refractivity contribution is 9.10. The third-order valence-electron chi connectivity index (χ3n) is 3.59. The van der Waals surface area contributed by atoms with Gasteiger partial charge in [0.1, 0.15) is 6.33 Å². The Hall–Kier alpha value is -1.65. The summed E-state index contributed by atoms with van der Waals surface area (Å²) < 4.78 is 3.17. The Kier molecular flexibility index (Phi) is 3.59. The third kappa shape index (κ3) is 2.37. The normalized spacial score (nSPS) is 12.8. The van der Waals surface area contributed by atoms with Crippen molar-refractivity contribution in [3.05, 3.63) is 58.8 Å². The number of benzene rings is 2. The molecule has 3 rings (SSSR count). The van der Waals surface area contributed by atoms with E-state index in [0.29, 0.717) is 6.04 Å². The van der Waals surface area contributed by atoms with Crippen molar-refractivity contribution < 1.29 is 0 Å². The summed E-state index contributed by atoms with van der Waals surface area (Å²) in [4.78, 5) is 4.52. The Labute approximate surface area is 126 Å². The first-order chi connectivity index (χ1) is 9.69. The summed E-state index contributed by atoms with van der Waals surface area (Å²) in [7, 11) is 1.97. The molecule has 0 bridgehead atoms. The van der Waals surface area contributed by atoms with E-state index in [2.05, 4.69) is 68.1 Å². The highest BCUT2D eigenvalue weighted by Gasteiger charge is 2.08. The average Bonchev–Trinajstić information content (AvgIpc) is 2.89. The molecule has 0 saturated heterocycles. The van der Waals surface area contributed by atoms with Gasteiger partial charge in [0, 0.05) is 16.2 Å². The molecular weight excluding hydrogens is 314 g/mol. The van der Waals surface area contributed by atoms with Crippen LogP contribution >= 0.6 is 15.9 Å². The van der Waals surface area contributed by atoms with Crippen LogP contribution in [0.4, 0.5) is 0 Å². The van der Waals surface area contributed by atoms with Crippen molar-refractivity contribution in [1.29, 1.82) is 0 Å². The smallest absolute Gasteiger partial charge is 0.100 e. The van der Waals surface area contributed by atoms with Crippen LogP contribution in [0.5, 0.6) is 0 Å². The van der Waals surface area contributed by atoms with Gasteiger partial charge >= 0.3 is 0 Å². The molecule has 0 saturated carbocycles. The van der Waals surface area contributed by atoms with Crippen LogP contribution in [0.15, 0.2) is 53.3 Å². The predicted molar refractivity (Wildman–Crippen MR) is 86.2 cm³/mol. The molecule has 102 valence electrons. The molecule has 0 amide bonds. The van der Waals surface area contributed by atoms with E-state index in [1.165, 1.54) is 5.56 Å². The molecule has 1 aromatic heterocycles. The first kappa shape index (κ1) is 13.3. The van der Waals surface area contributed by atoms with Crippen LogP contribution < -0.4 is 5.32 Å². The lowest BCUT2D eigenvalue weighted by Crippen LogP contribution is -2.11. The monoisotopic (exact) mass is 329 g/mol. The third-order valence-corrected chi connectivity index (χ3v) is 4.08. The standard InChI is InChI=1S/C16H16BrN3/c1-11(18-2)12-6-7-16-15(8-12)19-10-20(16)14-5-3-4-13(17)9-14/h3-11,18H,1-2H3/t11-/m1/s1. The molecule has 20 heavy (non-hydrogen) atoms. The van der Waals surface area contributed by atoms with Gasteiger partial charge < -0.3 is 5.32 Å². The Balaban J connectivity index is 2.10. The molecular formula is C16H16BrN3. The molecule has 0 radical (unpaired) electrons. The molecule has 1 heterocycles. The van der Waals surface area contributed by atoms with Crippen molar-refractivity contribution >= 4 is 27.0 Å². The number of hydrogen-bond acceptors (Lipinski definition) is 2. The lowest BCUT2D eigenvalue weighted by molar-refractivity contribution is 0.653. The minimum Gasteiger partial charge on any atom is -0.313 e. The van der Waals surface area contributed by atoms with Crippen LogP contribution in [0.2, 0.25) is 0 Å². The van der Waals surface area contributed by atoms with E-state index >= 15 is 0 Å². The zero-order valence-corrected chi connectivity index (χ0v) is 13.1. The Morgan fingerprint density at radius 1 is 1.20 bits per heavy atom. The molecule has 1 N–H and O–H groups in total. The highest BCUT2D eigenvalue weighted by atomic mass is 79.9. The molecule has 3 nitrogen and oxygen atoms in total. The lowest BCUT2D eigenvalue weighted by atomic mass is 10.1. The lowest BCUT2D eigenvalue weighted by Gasteiger charge is -2.10. The fourth-order valence-corrected chi connectivity index (χ4v) is 2.68. The van der Waals surface area contributed by atoms with Crippen molar-refractivity contribution in [2.45, 2.75) is 13.0 Å². The van der Waals surface area contributed by atoms with Crippen molar-refractivity contribution in [2.75, 3.05) is 7.05 Å². The summed E-state index contributed by atoms with van der Waals surface area (Å²) in [5, 5.41) is 3.25. The van der Waals surface area contributed by atoms with Gasteiger partial charge in [-0.05, 0) is 49.9 Å². The Bertz CT molecular complexity index is 748. The van der Waals surface area contributed by atoms with Crippen molar-refractivity contribution in [3.8, 4) is 5.69 Å². The van der Waals surface area contributed by atoms with Gasteiger partial charge in [0.15, 0.2) is 0 Å².